The number of aromatic nitrogens is 8. The number of hydrogen-bond donors (Lipinski definition) is 0. The van der Waals surface area contributed by atoms with Crippen molar-refractivity contribution in [3.63, 3.8) is 0 Å². The first-order chi connectivity index (χ1) is 28.7. The summed E-state index contributed by atoms with van der Waals surface area (Å²) in [6, 6.07) is 46.6. The highest BCUT2D eigenvalue weighted by atomic mass is 32.1. The lowest BCUT2D eigenvalue weighted by Crippen LogP contribution is -2.12. The summed E-state index contributed by atoms with van der Waals surface area (Å²) in [5.74, 6) is 0. The van der Waals surface area contributed by atoms with E-state index < -0.39 is 0 Å². The summed E-state index contributed by atoms with van der Waals surface area (Å²) in [4.78, 5) is 11.7. The van der Waals surface area contributed by atoms with Gasteiger partial charge >= 0.3 is 0 Å². The SMILES string of the molecule is c1ccc2sc(-c3ccc(-c4ccc(N(c5cccc6nonc56)c5ccc(-c6ccc(-c7nc8ccccc8s7)cc6)c6nonc56)c5nonc45)cc3)nc2c1. The van der Waals surface area contributed by atoms with Gasteiger partial charge in [0.25, 0.3) is 0 Å². The molecule has 0 atom stereocenters. The number of nitrogens with zero attached hydrogens (tertiary/aromatic N) is 9. The zero-order chi connectivity index (χ0) is 38.2. The fraction of sp³-hybridized carbons (Fsp3) is 0. The van der Waals surface area contributed by atoms with Gasteiger partial charge in [0.1, 0.15) is 26.6 Å². The van der Waals surface area contributed by atoms with Gasteiger partial charge in [0.05, 0.1) is 37.5 Å². The van der Waals surface area contributed by atoms with Crippen molar-refractivity contribution in [2.75, 3.05) is 4.90 Å². The van der Waals surface area contributed by atoms with E-state index in [1.165, 1.54) is 0 Å². The Morgan fingerprint density at radius 1 is 0.345 bits per heavy atom. The third kappa shape index (κ3) is 5.19. The number of thiazole rings is 2. The van der Waals surface area contributed by atoms with Crippen molar-refractivity contribution in [2.45, 2.75) is 0 Å². The van der Waals surface area contributed by atoms with Crippen LogP contribution in [-0.2, 0) is 0 Å². The van der Waals surface area contributed by atoms with Crippen molar-refractivity contribution in [1.82, 2.24) is 40.9 Å². The molecule has 12 rings (SSSR count). The number of anilines is 3. The van der Waals surface area contributed by atoms with Gasteiger partial charge in [0.2, 0.25) is 0 Å². The predicted octanol–water partition coefficient (Wildman–Crippen LogP) is 11.7. The second kappa shape index (κ2) is 12.9. The maximum absolute atomic E-state index is 5.47. The smallest absolute Gasteiger partial charge is 0.159 e. The highest BCUT2D eigenvalue weighted by Gasteiger charge is 2.27. The molecule has 0 aliphatic heterocycles. The average molecular weight is 790 g/mol. The van der Waals surface area contributed by atoms with E-state index in [9.17, 15) is 0 Å². The van der Waals surface area contributed by atoms with Crippen LogP contribution < -0.4 is 4.90 Å². The second-order valence-corrected chi connectivity index (χ2v) is 15.6. The Kier molecular flexibility index (Phi) is 7.26. The van der Waals surface area contributed by atoms with Gasteiger partial charge in [-0.2, -0.15) is 0 Å². The summed E-state index contributed by atoms with van der Waals surface area (Å²) >= 11 is 3.34. The Hall–Kier alpha value is -7.68. The minimum Gasteiger partial charge on any atom is -0.303 e. The van der Waals surface area contributed by atoms with Gasteiger partial charge in [-0.3, -0.25) is 0 Å². The minimum atomic E-state index is 0.528. The van der Waals surface area contributed by atoms with Crippen LogP contribution in [0.3, 0.4) is 0 Å². The van der Waals surface area contributed by atoms with E-state index in [1.807, 2.05) is 83.8 Å². The van der Waals surface area contributed by atoms with E-state index in [0.29, 0.717) is 50.2 Å². The number of hydrogen-bond acceptors (Lipinski definition) is 14. The van der Waals surface area contributed by atoms with E-state index in [-0.39, 0.29) is 0 Å². The molecule has 0 unspecified atom stereocenters. The molecule has 0 amide bonds. The summed E-state index contributed by atoms with van der Waals surface area (Å²) in [6.45, 7) is 0. The summed E-state index contributed by atoms with van der Waals surface area (Å²) < 4.78 is 18.4. The Labute approximate surface area is 334 Å². The Bertz CT molecular complexity index is 3230. The quantitative estimate of drug-likeness (QED) is 0.151. The highest BCUT2D eigenvalue weighted by molar-refractivity contribution is 7.22. The van der Waals surface area contributed by atoms with E-state index >= 15 is 0 Å². The summed E-state index contributed by atoms with van der Waals surface area (Å²) in [5.41, 5.74) is 13.0. The van der Waals surface area contributed by atoms with Crippen LogP contribution in [-0.4, -0.2) is 40.9 Å². The Morgan fingerprint density at radius 3 is 1.31 bits per heavy atom. The van der Waals surface area contributed by atoms with Crippen LogP contribution in [0.1, 0.15) is 0 Å². The highest BCUT2D eigenvalue weighted by Crippen LogP contribution is 2.46. The van der Waals surface area contributed by atoms with E-state index in [0.717, 1.165) is 63.8 Å². The average Bonchev–Trinajstić information content (AvgIpc) is 4.13. The molecule has 5 heterocycles. The summed E-state index contributed by atoms with van der Waals surface area (Å²) in [6.07, 6.45) is 0. The molecule has 14 heteroatoms. The van der Waals surface area contributed by atoms with Crippen LogP contribution in [0.15, 0.2) is 153 Å². The van der Waals surface area contributed by atoms with Gasteiger partial charge in [0.15, 0.2) is 16.6 Å². The van der Waals surface area contributed by atoms with Crippen molar-refractivity contribution in [1.29, 1.82) is 0 Å². The summed E-state index contributed by atoms with van der Waals surface area (Å²) in [7, 11) is 0. The molecule has 0 N–H and O–H groups in total. The molecule has 0 radical (unpaired) electrons. The first kappa shape index (κ1) is 32.6. The van der Waals surface area contributed by atoms with Crippen LogP contribution in [0.5, 0.6) is 0 Å². The predicted molar refractivity (Wildman–Crippen MR) is 225 cm³/mol. The summed E-state index contributed by atoms with van der Waals surface area (Å²) in [5, 5.41) is 28.1. The largest absolute Gasteiger partial charge is 0.303 e. The van der Waals surface area contributed by atoms with Gasteiger partial charge in [-0.05, 0) is 103 Å². The number of fused-ring (bicyclic) bond motifs is 5. The maximum Gasteiger partial charge on any atom is 0.159 e. The molecular weight excluding hydrogens is 767 g/mol. The Balaban J connectivity index is 0.963. The molecule has 0 bridgehead atoms. The van der Waals surface area contributed by atoms with Crippen molar-refractivity contribution in [2.24, 2.45) is 0 Å². The Morgan fingerprint density at radius 2 is 0.776 bits per heavy atom. The second-order valence-electron chi connectivity index (χ2n) is 13.6. The van der Waals surface area contributed by atoms with Crippen LogP contribution in [0.25, 0.3) is 96.9 Å². The number of rotatable bonds is 7. The maximum atomic E-state index is 5.47. The van der Waals surface area contributed by atoms with Crippen LogP contribution in [0.2, 0.25) is 0 Å². The number of para-hydroxylation sites is 2. The molecule has 5 aromatic heterocycles. The molecule has 0 saturated heterocycles. The third-order valence-corrected chi connectivity index (χ3v) is 12.4. The molecule has 0 fully saturated rings. The third-order valence-electron chi connectivity index (χ3n) is 10.2. The minimum absolute atomic E-state index is 0.528. The number of benzene rings is 7. The topological polar surface area (TPSA) is 146 Å². The monoisotopic (exact) mass is 789 g/mol. The van der Waals surface area contributed by atoms with Gasteiger partial charge < -0.3 is 4.90 Å². The van der Waals surface area contributed by atoms with Gasteiger partial charge in [-0.1, -0.05) is 78.9 Å². The van der Waals surface area contributed by atoms with E-state index in [1.54, 1.807) is 22.7 Å². The molecular formula is C44H23N9O3S2. The molecule has 0 aliphatic carbocycles. The van der Waals surface area contributed by atoms with Crippen molar-refractivity contribution in [3.05, 3.63) is 140 Å². The van der Waals surface area contributed by atoms with Gasteiger partial charge in [0, 0.05) is 22.3 Å². The molecule has 0 spiro atoms. The van der Waals surface area contributed by atoms with E-state index in [4.69, 9.17) is 23.9 Å². The standard InChI is InChI=1S/C44H23N9O3S2/c1-3-10-36-30(6-1)45-43(57-36)26-16-12-24(13-17-26)28-20-22-34(41-38(28)48-55-51-41)53(33-9-5-8-32-40(33)50-54-47-32)35-23-21-29(39-42(35)52-56-49-39)25-14-18-27(19-15-25)44-46-31-7-2-4-11-37(31)58-44/h1-23H. The van der Waals surface area contributed by atoms with E-state index in [2.05, 4.69) is 91.6 Å². The molecule has 0 aliphatic rings. The fourth-order valence-corrected chi connectivity index (χ4v) is 9.41. The lowest BCUT2D eigenvalue weighted by Gasteiger charge is -2.25. The normalized spacial score (nSPS) is 11.8. The van der Waals surface area contributed by atoms with Crippen LogP contribution >= 0.6 is 22.7 Å². The molecule has 12 nitrogen and oxygen atoms in total. The van der Waals surface area contributed by atoms with Crippen LogP contribution in [0, 0.1) is 0 Å². The van der Waals surface area contributed by atoms with Crippen molar-refractivity contribution >= 4 is 93.3 Å². The fourth-order valence-electron chi connectivity index (χ4n) is 7.47. The van der Waals surface area contributed by atoms with Crippen molar-refractivity contribution < 1.29 is 13.9 Å². The molecule has 7 aromatic carbocycles. The molecule has 58 heavy (non-hydrogen) atoms. The van der Waals surface area contributed by atoms with Gasteiger partial charge in [-0.25, -0.2) is 23.9 Å². The molecule has 274 valence electrons. The lowest BCUT2D eigenvalue weighted by molar-refractivity contribution is 0.315. The first-order valence-corrected chi connectivity index (χ1v) is 19.8. The zero-order valence-corrected chi connectivity index (χ0v) is 31.5. The zero-order valence-electron chi connectivity index (χ0n) is 29.8. The molecule has 12 aromatic rings. The lowest BCUT2D eigenvalue weighted by atomic mass is 10.00. The van der Waals surface area contributed by atoms with Crippen LogP contribution in [0.4, 0.5) is 17.1 Å². The van der Waals surface area contributed by atoms with Gasteiger partial charge in [-0.15, -0.1) is 22.7 Å². The first-order valence-electron chi connectivity index (χ1n) is 18.2. The van der Waals surface area contributed by atoms with Crippen molar-refractivity contribution in [3.8, 4) is 43.4 Å². The molecule has 0 saturated carbocycles.